The predicted molar refractivity (Wildman–Crippen MR) is 53.9 cm³/mol. The van der Waals surface area contributed by atoms with E-state index in [2.05, 4.69) is 15.3 Å². The van der Waals surface area contributed by atoms with Gasteiger partial charge in [0.05, 0.1) is 13.7 Å². The number of ketones is 1. The summed E-state index contributed by atoms with van der Waals surface area (Å²) in [5.74, 6) is 0.215. The zero-order chi connectivity index (χ0) is 10.7. The Balaban J connectivity index is 2.02. The van der Waals surface area contributed by atoms with E-state index in [4.69, 9.17) is 4.74 Å². The van der Waals surface area contributed by atoms with Gasteiger partial charge in [0.2, 0.25) is 5.88 Å². The molecule has 0 unspecified atom stereocenters. The van der Waals surface area contributed by atoms with Crippen LogP contribution in [0.15, 0.2) is 12.4 Å². The summed E-state index contributed by atoms with van der Waals surface area (Å²) in [6.45, 7) is 0.305. The van der Waals surface area contributed by atoms with E-state index >= 15 is 0 Å². The van der Waals surface area contributed by atoms with E-state index < -0.39 is 0 Å². The fourth-order valence-electron chi connectivity index (χ4n) is 1.27. The number of Topliss-reactive ketones (excluding diaryl/α,β-unsaturated/α-hetero) is 1. The Hall–Kier alpha value is -1.49. The van der Waals surface area contributed by atoms with Crippen LogP contribution in [0.3, 0.4) is 0 Å². The Labute approximate surface area is 87.9 Å². The molecule has 0 aromatic carbocycles. The van der Waals surface area contributed by atoms with Crippen molar-refractivity contribution < 1.29 is 9.53 Å². The van der Waals surface area contributed by atoms with Gasteiger partial charge in [-0.2, -0.15) is 0 Å². The minimum absolute atomic E-state index is 0.0770. The molecule has 1 heterocycles. The van der Waals surface area contributed by atoms with Crippen LogP contribution >= 0.6 is 0 Å². The van der Waals surface area contributed by atoms with Crippen molar-refractivity contribution in [2.75, 3.05) is 13.7 Å². The molecule has 15 heavy (non-hydrogen) atoms. The predicted octanol–water partition coefficient (Wildman–Crippen LogP) is 0.420. The van der Waals surface area contributed by atoms with Gasteiger partial charge in [-0.1, -0.05) is 0 Å². The molecule has 5 nitrogen and oxygen atoms in total. The minimum atomic E-state index is -0.0770. The van der Waals surface area contributed by atoms with Crippen LogP contribution in [-0.2, 0) is 0 Å². The van der Waals surface area contributed by atoms with E-state index in [9.17, 15) is 4.79 Å². The van der Waals surface area contributed by atoms with Gasteiger partial charge >= 0.3 is 0 Å². The van der Waals surface area contributed by atoms with Gasteiger partial charge in [0.1, 0.15) is 0 Å². The molecule has 0 saturated heterocycles. The summed E-state index contributed by atoms with van der Waals surface area (Å²) in [7, 11) is 1.48. The summed E-state index contributed by atoms with van der Waals surface area (Å²) < 4.78 is 4.97. The molecular formula is C10H13N3O2. The van der Waals surface area contributed by atoms with Gasteiger partial charge in [0.25, 0.3) is 0 Å². The highest BCUT2D eigenvalue weighted by Crippen LogP contribution is 2.18. The monoisotopic (exact) mass is 207 g/mol. The first-order valence-electron chi connectivity index (χ1n) is 4.93. The van der Waals surface area contributed by atoms with E-state index in [1.165, 1.54) is 19.5 Å². The molecule has 0 spiro atoms. The van der Waals surface area contributed by atoms with Crippen molar-refractivity contribution in [2.45, 2.75) is 18.9 Å². The van der Waals surface area contributed by atoms with E-state index in [-0.39, 0.29) is 5.78 Å². The Morgan fingerprint density at radius 3 is 2.93 bits per heavy atom. The summed E-state index contributed by atoms with van der Waals surface area (Å²) >= 11 is 0. The first-order valence-corrected chi connectivity index (χ1v) is 4.93. The smallest absolute Gasteiger partial charge is 0.243 e. The minimum Gasteiger partial charge on any atom is -0.479 e. The molecule has 0 atom stereocenters. The van der Waals surface area contributed by atoms with Crippen molar-refractivity contribution in [1.82, 2.24) is 15.3 Å². The van der Waals surface area contributed by atoms with Crippen molar-refractivity contribution in [2.24, 2.45) is 0 Å². The fraction of sp³-hybridized carbons (Fsp3) is 0.500. The summed E-state index contributed by atoms with van der Waals surface area (Å²) in [5.41, 5.74) is 0.299. The SMILES string of the molecule is COc1nccnc1C(=O)CNC1CC1. The number of hydrogen-bond donors (Lipinski definition) is 1. The zero-order valence-corrected chi connectivity index (χ0v) is 8.56. The van der Waals surface area contributed by atoms with Crippen LogP contribution in [-0.4, -0.2) is 35.4 Å². The van der Waals surface area contributed by atoms with Gasteiger partial charge in [-0.05, 0) is 12.8 Å². The molecule has 0 amide bonds. The number of methoxy groups -OCH3 is 1. The highest BCUT2D eigenvalue weighted by atomic mass is 16.5. The Morgan fingerprint density at radius 1 is 1.53 bits per heavy atom. The summed E-state index contributed by atoms with van der Waals surface area (Å²) in [4.78, 5) is 19.6. The zero-order valence-electron chi connectivity index (χ0n) is 8.56. The largest absolute Gasteiger partial charge is 0.479 e. The van der Waals surface area contributed by atoms with Gasteiger partial charge in [-0.3, -0.25) is 4.79 Å². The van der Waals surface area contributed by atoms with Crippen LogP contribution in [0.25, 0.3) is 0 Å². The second-order valence-corrected chi connectivity index (χ2v) is 3.49. The van der Waals surface area contributed by atoms with Gasteiger partial charge < -0.3 is 10.1 Å². The van der Waals surface area contributed by atoms with E-state index in [1.807, 2.05) is 0 Å². The van der Waals surface area contributed by atoms with Crippen LogP contribution in [0.4, 0.5) is 0 Å². The molecule has 1 saturated carbocycles. The highest BCUT2D eigenvalue weighted by molar-refractivity contribution is 5.97. The maximum atomic E-state index is 11.7. The third kappa shape index (κ3) is 2.50. The Bertz CT molecular complexity index is 363. The Kier molecular flexibility index (Phi) is 2.91. The van der Waals surface area contributed by atoms with Crippen LogP contribution in [0.1, 0.15) is 23.3 Å². The molecule has 0 aliphatic heterocycles. The van der Waals surface area contributed by atoms with Crippen molar-refractivity contribution in [1.29, 1.82) is 0 Å². The van der Waals surface area contributed by atoms with E-state index in [0.29, 0.717) is 24.2 Å². The lowest BCUT2D eigenvalue weighted by Gasteiger charge is -2.05. The van der Waals surface area contributed by atoms with Gasteiger partial charge in [-0.15, -0.1) is 0 Å². The van der Waals surface area contributed by atoms with Crippen molar-refractivity contribution in [3.8, 4) is 5.88 Å². The van der Waals surface area contributed by atoms with Gasteiger partial charge in [0, 0.05) is 18.4 Å². The summed E-state index contributed by atoms with van der Waals surface area (Å²) in [5, 5.41) is 3.13. The maximum Gasteiger partial charge on any atom is 0.243 e. The number of nitrogens with zero attached hydrogens (tertiary/aromatic N) is 2. The van der Waals surface area contributed by atoms with Crippen LogP contribution in [0.2, 0.25) is 0 Å². The lowest BCUT2D eigenvalue weighted by Crippen LogP contribution is -2.25. The number of ether oxygens (including phenoxy) is 1. The van der Waals surface area contributed by atoms with Crippen molar-refractivity contribution >= 4 is 5.78 Å². The number of carbonyl (C=O) groups excluding carboxylic acids is 1. The molecular weight excluding hydrogens is 194 g/mol. The standard InChI is InChI=1S/C10H13N3O2/c1-15-10-9(11-4-5-12-10)8(14)6-13-7-2-3-7/h4-5,7,13H,2-3,6H2,1H3. The van der Waals surface area contributed by atoms with Crippen molar-refractivity contribution in [3.63, 3.8) is 0 Å². The number of rotatable bonds is 5. The van der Waals surface area contributed by atoms with Crippen LogP contribution in [0.5, 0.6) is 5.88 Å². The van der Waals surface area contributed by atoms with E-state index in [0.717, 1.165) is 12.8 Å². The van der Waals surface area contributed by atoms with Gasteiger partial charge in [0.15, 0.2) is 11.5 Å². The third-order valence-corrected chi connectivity index (χ3v) is 2.25. The fourth-order valence-corrected chi connectivity index (χ4v) is 1.27. The number of carbonyl (C=O) groups is 1. The quantitative estimate of drug-likeness (QED) is 0.709. The number of aromatic nitrogens is 2. The second kappa shape index (κ2) is 4.35. The molecule has 80 valence electrons. The molecule has 1 aliphatic carbocycles. The van der Waals surface area contributed by atoms with E-state index in [1.54, 1.807) is 0 Å². The first kappa shape index (κ1) is 10.0. The normalized spacial score (nSPS) is 15.0. The molecule has 0 radical (unpaired) electrons. The number of nitrogens with one attached hydrogen (secondary N) is 1. The molecule has 5 heteroatoms. The third-order valence-electron chi connectivity index (χ3n) is 2.25. The molecule has 2 rings (SSSR count). The lowest BCUT2D eigenvalue weighted by molar-refractivity contribution is 0.0981. The number of hydrogen-bond acceptors (Lipinski definition) is 5. The van der Waals surface area contributed by atoms with Crippen LogP contribution in [0, 0.1) is 0 Å². The van der Waals surface area contributed by atoms with Crippen LogP contribution < -0.4 is 10.1 Å². The highest BCUT2D eigenvalue weighted by Gasteiger charge is 2.23. The molecule has 1 aliphatic rings. The molecule has 1 fully saturated rings. The maximum absolute atomic E-state index is 11.7. The average molecular weight is 207 g/mol. The first-order chi connectivity index (χ1) is 7.31. The lowest BCUT2D eigenvalue weighted by atomic mass is 10.3. The topological polar surface area (TPSA) is 64.1 Å². The molecule has 0 bridgehead atoms. The second-order valence-electron chi connectivity index (χ2n) is 3.49. The summed E-state index contributed by atoms with van der Waals surface area (Å²) in [6.07, 6.45) is 5.31. The molecule has 1 N–H and O–H groups in total. The Morgan fingerprint density at radius 2 is 2.27 bits per heavy atom. The summed E-state index contributed by atoms with van der Waals surface area (Å²) in [6, 6.07) is 0.511. The molecule has 1 aromatic rings. The average Bonchev–Trinajstić information content (AvgIpc) is 3.09. The van der Waals surface area contributed by atoms with Crippen molar-refractivity contribution in [3.05, 3.63) is 18.1 Å². The van der Waals surface area contributed by atoms with Gasteiger partial charge in [-0.25, -0.2) is 9.97 Å². The molecule has 1 aromatic heterocycles.